The van der Waals surface area contributed by atoms with Crippen LogP contribution < -0.4 is 14.8 Å². The second-order valence-electron chi connectivity index (χ2n) is 6.77. The fraction of sp³-hybridized carbons (Fsp3) is 0.136. The van der Waals surface area contributed by atoms with Gasteiger partial charge in [-0.2, -0.15) is 4.72 Å². The van der Waals surface area contributed by atoms with Crippen LogP contribution in [0.5, 0.6) is 5.75 Å². The predicted octanol–water partition coefficient (Wildman–Crippen LogP) is 5.18. The van der Waals surface area contributed by atoms with E-state index in [4.69, 9.17) is 39.5 Å². The van der Waals surface area contributed by atoms with Gasteiger partial charge < -0.3 is 10.1 Å². The summed E-state index contributed by atoms with van der Waals surface area (Å²) < 4.78 is 33.9. The molecule has 1 atom stereocenters. The first-order chi connectivity index (χ1) is 15.2. The van der Waals surface area contributed by atoms with Gasteiger partial charge in [0.25, 0.3) is 0 Å². The van der Waals surface area contributed by atoms with E-state index < -0.39 is 22.0 Å². The molecule has 0 heterocycles. The van der Waals surface area contributed by atoms with E-state index in [0.717, 1.165) is 5.56 Å². The molecule has 1 amide bonds. The van der Waals surface area contributed by atoms with Gasteiger partial charge >= 0.3 is 0 Å². The summed E-state index contributed by atoms with van der Waals surface area (Å²) in [5, 5.41) is 3.50. The van der Waals surface area contributed by atoms with E-state index >= 15 is 0 Å². The second kappa shape index (κ2) is 10.6. The molecule has 0 aliphatic heterocycles. The number of benzene rings is 3. The normalized spacial score (nSPS) is 12.2. The molecule has 10 heteroatoms. The van der Waals surface area contributed by atoms with Gasteiger partial charge in [-0.15, -0.1) is 0 Å². The maximum absolute atomic E-state index is 13.2. The Morgan fingerprint density at radius 3 is 2.28 bits per heavy atom. The van der Waals surface area contributed by atoms with Crippen LogP contribution >= 0.6 is 34.8 Å². The van der Waals surface area contributed by atoms with Crippen LogP contribution in [0.1, 0.15) is 5.56 Å². The van der Waals surface area contributed by atoms with Crippen LogP contribution in [0.4, 0.5) is 5.69 Å². The number of nitrogens with one attached hydrogen (secondary N) is 2. The molecule has 168 valence electrons. The van der Waals surface area contributed by atoms with E-state index in [1.807, 2.05) is 6.07 Å². The number of rotatable bonds is 8. The minimum Gasteiger partial charge on any atom is -0.495 e. The van der Waals surface area contributed by atoms with Gasteiger partial charge in [0.15, 0.2) is 0 Å². The van der Waals surface area contributed by atoms with Gasteiger partial charge in [0.1, 0.15) is 16.7 Å². The Morgan fingerprint density at radius 1 is 0.969 bits per heavy atom. The fourth-order valence-electron chi connectivity index (χ4n) is 2.96. The number of halogens is 3. The van der Waals surface area contributed by atoms with Crippen LogP contribution in [0, 0.1) is 0 Å². The van der Waals surface area contributed by atoms with Crippen LogP contribution in [-0.4, -0.2) is 27.5 Å². The van der Waals surface area contributed by atoms with Crippen molar-refractivity contribution in [2.75, 3.05) is 12.4 Å². The van der Waals surface area contributed by atoms with E-state index in [2.05, 4.69) is 10.0 Å². The first kappa shape index (κ1) is 24.4. The van der Waals surface area contributed by atoms with Crippen molar-refractivity contribution in [3.05, 3.63) is 87.4 Å². The molecule has 0 unspecified atom stereocenters. The number of carbonyl (C=O) groups excluding carboxylic acids is 1. The lowest BCUT2D eigenvalue weighted by atomic mass is 10.1. The number of amides is 1. The maximum Gasteiger partial charge on any atom is 0.245 e. The first-order valence-corrected chi connectivity index (χ1v) is 12.0. The van der Waals surface area contributed by atoms with E-state index in [0.29, 0.717) is 10.7 Å². The number of carbonyl (C=O) groups is 1. The molecule has 3 rings (SSSR count). The van der Waals surface area contributed by atoms with Crippen molar-refractivity contribution in [2.24, 2.45) is 0 Å². The van der Waals surface area contributed by atoms with Crippen molar-refractivity contribution < 1.29 is 17.9 Å². The van der Waals surface area contributed by atoms with Crippen molar-refractivity contribution in [2.45, 2.75) is 17.4 Å². The molecule has 0 bridgehead atoms. The van der Waals surface area contributed by atoms with E-state index in [1.165, 1.54) is 37.4 Å². The van der Waals surface area contributed by atoms with Gasteiger partial charge in [0.05, 0.1) is 17.8 Å². The van der Waals surface area contributed by atoms with Gasteiger partial charge in [0.2, 0.25) is 15.9 Å². The lowest BCUT2D eigenvalue weighted by Gasteiger charge is -2.20. The molecule has 0 aliphatic rings. The van der Waals surface area contributed by atoms with Gasteiger partial charge in [-0.05, 0) is 48.4 Å². The van der Waals surface area contributed by atoms with Crippen molar-refractivity contribution in [3.8, 4) is 5.75 Å². The molecular weight excluding hydrogens is 495 g/mol. The van der Waals surface area contributed by atoms with Crippen LogP contribution in [0.2, 0.25) is 15.1 Å². The zero-order valence-corrected chi connectivity index (χ0v) is 19.9. The Labute approximate surface area is 201 Å². The molecule has 0 fully saturated rings. The molecule has 6 nitrogen and oxygen atoms in total. The molecule has 2 N–H and O–H groups in total. The van der Waals surface area contributed by atoms with Crippen LogP contribution in [-0.2, 0) is 21.2 Å². The summed E-state index contributed by atoms with van der Waals surface area (Å²) in [6.07, 6.45) is 0.0972. The maximum atomic E-state index is 13.2. The summed E-state index contributed by atoms with van der Waals surface area (Å²) in [5.41, 5.74) is 1.06. The largest absolute Gasteiger partial charge is 0.495 e. The molecular formula is C22H19Cl3N2O4S. The Hall–Kier alpha value is -2.29. The number of hydrogen-bond acceptors (Lipinski definition) is 4. The number of methoxy groups -OCH3 is 1. The zero-order valence-electron chi connectivity index (χ0n) is 16.8. The molecule has 0 saturated heterocycles. The highest BCUT2D eigenvalue weighted by Gasteiger charge is 2.29. The van der Waals surface area contributed by atoms with Gasteiger partial charge in [-0.25, -0.2) is 8.42 Å². The molecule has 0 aliphatic carbocycles. The number of ether oxygens (including phenoxy) is 1. The van der Waals surface area contributed by atoms with E-state index in [9.17, 15) is 13.2 Å². The summed E-state index contributed by atoms with van der Waals surface area (Å²) in [7, 11) is -2.83. The van der Waals surface area contributed by atoms with Gasteiger partial charge in [0, 0.05) is 10.0 Å². The van der Waals surface area contributed by atoms with Crippen molar-refractivity contribution in [1.82, 2.24) is 4.72 Å². The van der Waals surface area contributed by atoms with Gasteiger partial charge in [-0.3, -0.25) is 4.79 Å². The lowest BCUT2D eigenvalue weighted by molar-refractivity contribution is -0.117. The average Bonchev–Trinajstić information content (AvgIpc) is 2.75. The third-order valence-corrected chi connectivity index (χ3v) is 6.78. The number of hydrogen-bond donors (Lipinski definition) is 2. The van der Waals surface area contributed by atoms with Gasteiger partial charge in [-0.1, -0.05) is 65.1 Å². The Morgan fingerprint density at radius 2 is 1.62 bits per heavy atom. The third kappa shape index (κ3) is 6.15. The highest BCUT2D eigenvalue weighted by atomic mass is 35.5. The number of anilines is 1. The Kier molecular flexibility index (Phi) is 8.03. The lowest BCUT2D eigenvalue weighted by Crippen LogP contribution is -2.45. The summed E-state index contributed by atoms with van der Waals surface area (Å²) in [6.45, 7) is 0. The predicted molar refractivity (Wildman–Crippen MR) is 127 cm³/mol. The summed E-state index contributed by atoms with van der Waals surface area (Å²) >= 11 is 18.1. The molecule has 3 aromatic carbocycles. The first-order valence-electron chi connectivity index (χ1n) is 9.35. The number of sulfonamides is 1. The van der Waals surface area contributed by atoms with Crippen molar-refractivity contribution in [3.63, 3.8) is 0 Å². The smallest absolute Gasteiger partial charge is 0.245 e. The summed E-state index contributed by atoms with van der Waals surface area (Å²) in [4.78, 5) is 12.9. The molecule has 0 spiro atoms. The van der Waals surface area contributed by atoms with Crippen molar-refractivity contribution >= 4 is 56.4 Å². The Balaban J connectivity index is 1.93. The highest BCUT2D eigenvalue weighted by molar-refractivity contribution is 7.89. The van der Waals surface area contributed by atoms with Crippen LogP contribution in [0.3, 0.4) is 0 Å². The van der Waals surface area contributed by atoms with E-state index in [1.54, 1.807) is 30.3 Å². The van der Waals surface area contributed by atoms with E-state index in [-0.39, 0.29) is 27.1 Å². The second-order valence-corrected chi connectivity index (χ2v) is 9.73. The summed E-state index contributed by atoms with van der Waals surface area (Å²) in [6, 6.07) is 16.7. The average molecular weight is 514 g/mol. The molecule has 0 saturated carbocycles. The summed E-state index contributed by atoms with van der Waals surface area (Å²) in [5.74, 6) is -0.496. The standard InChI is InChI=1S/C22H19Cl3N2O4S/c1-31-20-10-8-16(24)13-21(20)32(29,30)27-19(11-14-5-3-2-4-6-14)22(28)26-18-9-7-15(23)12-17(18)25/h2-10,12-13,19,27H,11H2,1H3,(H,26,28)/t19-/m1/s1. The quantitative estimate of drug-likeness (QED) is 0.434. The van der Waals surface area contributed by atoms with Crippen molar-refractivity contribution in [1.29, 1.82) is 0 Å². The van der Waals surface area contributed by atoms with Crippen LogP contribution in [0.25, 0.3) is 0 Å². The SMILES string of the molecule is COc1ccc(Cl)cc1S(=O)(=O)N[C@H](Cc1ccccc1)C(=O)Nc1ccc(Cl)cc1Cl. The third-order valence-electron chi connectivity index (χ3n) is 4.50. The Bertz CT molecular complexity index is 1220. The molecule has 32 heavy (non-hydrogen) atoms. The highest BCUT2D eigenvalue weighted by Crippen LogP contribution is 2.28. The topological polar surface area (TPSA) is 84.5 Å². The minimum atomic E-state index is -4.17. The molecule has 0 aromatic heterocycles. The molecule has 3 aromatic rings. The monoisotopic (exact) mass is 512 g/mol. The minimum absolute atomic E-state index is 0.0972. The zero-order chi connectivity index (χ0) is 23.3. The molecule has 0 radical (unpaired) electrons. The fourth-order valence-corrected chi connectivity index (χ4v) is 5.04. The van der Waals surface area contributed by atoms with Crippen LogP contribution in [0.15, 0.2) is 71.6 Å².